The second-order valence-electron chi connectivity index (χ2n) is 10.3. The maximum absolute atomic E-state index is 12.6. The van der Waals surface area contributed by atoms with Crippen LogP contribution in [0.25, 0.3) is 0 Å². The average molecular weight is 410 g/mol. The van der Waals surface area contributed by atoms with Crippen molar-refractivity contribution in [2.45, 2.75) is 57.9 Å². The molecule has 6 heteroatoms. The van der Waals surface area contributed by atoms with Crippen LogP contribution in [0.5, 0.6) is 0 Å². The zero-order valence-corrected chi connectivity index (χ0v) is 17.4. The van der Waals surface area contributed by atoms with Crippen LogP contribution >= 0.6 is 0 Å². The van der Waals surface area contributed by atoms with E-state index in [-0.39, 0.29) is 29.6 Å². The number of amides is 3. The van der Waals surface area contributed by atoms with Crippen molar-refractivity contribution < 1.29 is 14.4 Å². The normalized spacial score (nSPS) is 34.3. The first-order valence-corrected chi connectivity index (χ1v) is 11.4. The van der Waals surface area contributed by atoms with Crippen molar-refractivity contribution in [1.82, 2.24) is 15.8 Å². The highest BCUT2D eigenvalue weighted by Gasteiger charge is 2.51. The summed E-state index contributed by atoms with van der Waals surface area (Å²) in [5, 5.41) is 0. The molecule has 30 heavy (non-hydrogen) atoms. The molecule has 4 aliphatic carbocycles. The zero-order valence-electron chi connectivity index (χ0n) is 17.4. The molecule has 1 atom stereocenters. The van der Waals surface area contributed by atoms with Crippen LogP contribution in [-0.4, -0.2) is 29.2 Å². The Kier molecular flexibility index (Phi) is 5.03. The van der Waals surface area contributed by atoms with Gasteiger partial charge in [0.2, 0.25) is 17.7 Å². The quantitative estimate of drug-likeness (QED) is 0.734. The second-order valence-corrected chi connectivity index (χ2v) is 10.3. The summed E-state index contributed by atoms with van der Waals surface area (Å²) in [4.78, 5) is 39.2. The van der Waals surface area contributed by atoms with Crippen LogP contribution in [0.4, 0.5) is 0 Å². The van der Waals surface area contributed by atoms with Gasteiger partial charge in [-0.05, 0) is 67.3 Å². The van der Waals surface area contributed by atoms with Gasteiger partial charge >= 0.3 is 0 Å². The Morgan fingerprint density at radius 2 is 1.60 bits per heavy atom. The fourth-order valence-electron chi connectivity index (χ4n) is 7.03. The topological polar surface area (TPSA) is 78.5 Å². The lowest BCUT2D eigenvalue weighted by Gasteiger charge is -2.56. The molecule has 1 aromatic rings. The molecule has 0 unspecified atom stereocenters. The van der Waals surface area contributed by atoms with Gasteiger partial charge in [-0.25, -0.2) is 0 Å². The highest BCUT2D eigenvalue weighted by molar-refractivity contribution is 5.90. The predicted octanol–water partition coefficient (Wildman–Crippen LogP) is 2.79. The molecule has 0 spiro atoms. The van der Waals surface area contributed by atoms with E-state index in [4.69, 9.17) is 0 Å². The number of carbonyl (C=O) groups is 3. The van der Waals surface area contributed by atoms with Gasteiger partial charge in [-0.1, -0.05) is 30.3 Å². The van der Waals surface area contributed by atoms with Gasteiger partial charge in [0.1, 0.15) is 0 Å². The van der Waals surface area contributed by atoms with E-state index in [1.807, 2.05) is 30.3 Å². The number of carbonyl (C=O) groups excluding carboxylic acids is 3. The Morgan fingerprint density at radius 3 is 2.23 bits per heavy atom. The summed E-state index contributed by atoms with van der Waals surface area (Å²) in [7, 11) is 0. The van der Waals surface area contributed by atoms with Gasteiger partial charge in [-0.15, -0.1) is 0 Å². The molecule has 6 nitrogen and oxygen atoms in total. The number of nitrogens with zero attached hydrogens (tertiary/aromatic N) is 1. The van der Waals surface area contributed by atoms with Gasteiger partial charge in [0.25, 0.3) is 0 Å². The summed E-state index contributed by atoms with van der Waals surface area (Å²) in [5.74, 6) is 1.63. The van der Waals surface area contributed by atoms with E-state index in [1.165, 1.54) is 38.5 Å². The first kappa shape index (κ1) is 19.6. The Hall–Kier alpha value is -2.37. The van der Waals surface area contributed by atoms with Gasteiger partial charge in [-0.3, -0.25) is 25.2 Å². The molecular weight excluding hydrogens is 378 g/mol. The molecule has 0 radical (unpaired) electrons. The van der Waals surface area contributed by atoms with Gasteiger partial charge in [0.15, 0.2) is 0 Å². The molecule has 5 aliphatic rings. The minimum atomic E-state index is -0.416. The molecule has 1 aromatic carbocycles. The van der Waals surface area contributed by atoms with Crippen LogP contribution in [0.3, 0.4) is 0 Å². The summed E-state index contributed by atoms with van der Waals surface area (Å²) >= 11 is 0. The molecule has 4 bridgehead atoms. The minimum Gasteiger partial charge on any atom is -0.338 e. The molecule has 5 fully saturated rings. The van der Waals surface area contributed by atoms with Crippen molar-refractivity contribution in [3.63, 3.8) is 0 Å². The fourth-order valence-corrected chi connectivity index (χ4v) is 7.03. The molecule has 1 saturated heterocycles. The highest BCUT2D eigenvalue weighted by Crippen LogP contribution is 2.61. The molecule has 6 rings (SSSR count). The van der Waals surface area contributed by atoms with Gasteiger partial charge < -0.3 is 4.90 Å². The Bertz CT molecular complexity index is 802. The van der Waals surface area contributed by atoms with E-state index in [0.29, 0.717) is 19.5 Å². The fraction of sp³-hybridized carbons (Fsp3) is 0.625. The van der Waals surface area contributed by atoms with E-state index in [1.54, 1.807) is 4.90 Å². The highest BCUT2D eigenvalue weighted by atomic mass is 16.2. The molecule has 3 amide bonds. The van der Waals surface area contributed by atoms with Crippen molar-refractivity contribution in [1.29, 1.82) is 0 Å². The molecule has 0 aromatic heterocycles. The van der Waals surface area contributed by atoms with Crippen molar-refractivity contribution in [2.75, 3.05) is 6.54 Å². The van der Waals surface area contributed by atoms with Crippen LogP contribution in [0, 0.1) is 29.1 Å². The third-order valence-corrected chi connectivity index (χ3v) is 7.83. The smallest absolute Gasteiger partial charge is 0.243 e. The molecule has 1 heterocycles. The Labute approximate surface area is 177 Å². The van der Waals surface area contributed by atoms with Crippen molar-refractivity contribution >= 4 is 17.7 Å². The first-order chi connectivity index (χ1) is 14.5. The molecule has 1 aliphatic heterocycles. The van der Waals surface area contributed by atoms with Gasteiger partial charge in [0.05, 0.1) is 5.92 Å². The second kappa shape index (κ2) is 7.71. The third kappa shape index (κ3) is 3.96. The van der Waals surface area contributed by atoms with Crippen LogP contribution in [-0.2, 0) is 20.9 Å². The lowest BCUT2D eigenvalue weighted by molar-refractivity contribution is -0.135. The average Bonchev–Trinajstić information content (AvgIpc) is 3.06. The number of hydrogen-bond acceptors (Lipinski definition) is 3. The van der Waals surface area contributed by atoms with Crippen LogP contribution in [0.1, 0.15) is 56.9 Å². The standard InChI is InChI=1S/C24H31N3O3/c28-21(13-24-10-17-6-18(11-24)8-19(7-17)12-24)25-26-23(30)20-9-22(29)27(15-20)14-16-4-2-1-3-5-16/h1-5,17-20H,6-15H2,(H,25,28)(H,26,30)/t17?,18?,19?,20-,24?/m1/s1. The van der Waals surface area contributed by atoms with E-state index in [0.717, 1.165) is 23.3 Å². The van der Waals surface area contributed by atoms with Crippen molar-refractivity contribution in [3.05, 3.63) is 35.9 Å². The molecule has 4 saturated carbocycles. The number of hydrogen-bond donors (Lipinski definition) is 2. The number of likely N-dealkylation sites (tertiary alicyclic amines) is 1. The summed E-state index contributed by atoms with van der Waals surface area (Å²) in [6.45, 7) is 0.909. The van der Waals surface area contributed by atoms with E-state index < -0.39 is 5.92 Å². The summed E-state index contributed by atoms with van der Waals surface area (Å²) in [6, 6.07) is 9.78. The first-order valence-electron chi connectivity index (χ1n) is 11.4. The van der Waals surface area contributed by atoms with Crippen LogP contribution < -0.4 is 10.9 Å². The monoisotopic (exact) mass is 409 g/mol. The number of nitrogens with one attached hydrogen (secondary N) is 2. The van der Waals surface area contributed by atoms with Crippen LogP contribution in [0.15, 0.2) is 30.3 Å². The predicted molar refractivity (Wildman–Crippen MR) is 111 cm³/mol. The third-order valence-electron chi connectivity index (χ3n) is 7.83. The Balaban J connectivity index is 1.10. The molecular formula is C24H31N3O3. The summed E-state index contributed by atoms with van der Waals surface area (Å²) in [5.41, 5.74) is 6.44. The zero-order chi connectivity index (χ0) is 20.7. The van der Waals surface area contributed by atoms with Crippen molar-refractivity contribution in [2.24, 2.45) is 29.1 Å². The minimum absolute atomic E-state index is 0.0149. The van der Waals surface area contributed by atoms with Crippen LogP contribution in [0.2, 0.25) is 0 Å². The number of rotatable bonds is 5. The van der Waals surface area contributed by atoms with Gasteiger partial charge in [0, 0.05) is 25.9 Å². The molecule has 2 N–H and O–H groups in total. The lowest BCUT2D eigenvalue weighted by Crippen LogP contribution is -2.50. The number of benzene rings is 1. The number of hydrazine groups is 1. The van der Waals surface area contributed by atoms with E-state index >= 15 is 0 Å². The van der Waals surface area contributed by atoms with Gasteiger partial charge in [-0.2, -0.15) is 0 Å². The lowest BCUT2D eigenvalue weighted by atomic mass is 9.49. The maximum Gasteiger partial charge on any atom is 0.243 e. The van der Waals surface area contributed by atoms with E-state index in [2.05, 4.69) is 10.9 Å². The largest absolute Gasteiger partial charge is 0.338 e. The Morgan fingerprint density at radius 1 is 0.967 bits per heavy atom. The molecule has 160 valence electrons. The SMILES string of the molecule is O=C(CC12CC3CC(CC(C3)C1)C2)NNC(=O)[C@@H]1CC(=O)N(Cc2ccccc2)C1. The van der Waals surface area contributed by atoms with Crippen molar-refractivity contribution in [3.8, 4) is 0 Å². The van der Waals surface area contributed by atoms with E-state index in [9.17, 15) is 14.4 Å². The summed E-state index contributed by atoms with van der Waals surface area (Å²) in [6.07, 6.45) is 8.29. The maximum atomic E-state index is 12.6. The summed E-state index contributed by atoms with van der Waals surface area (Å²) < 4.78 is 0.